The zero-order valence-corrected chi connectivity index (χ0v) is 16.0. The first-order chi connectivity index (χ1) is 12.9. The van der Waals surface area contributed by atoms with Crippen molar-refractivity contribution < 1.29 is 4.74 Å². The standard InChI is InChI=1S/C22H23N3O.ClH/c1-2-6-18(7-3-1)20-8-4-5-9-21(20)19-14-24-22(25-15-19)26-16-17-10-12-23-13-11-17;/h1-9,14-15,17,23H,10-13,16H2;1H. The van der Waals surface area contributed by atoms with Gasteiger partial charge in [-0.1, -0.05) is 54.6 Å². The Morgan fingerprint density at radius 3 is 2.07 bits per heavy atom. The van der Waals surface area contributed by atoms with Crippen LogP contribution in [0.3, 0.4) is 0 Å². The van der Waals surface area contributed by atoms with Crippen molar-refractivity contribution in [2.75, 3.05) is 19.7 Å². The molecule has 27 heavy (non-hydrogen) atoms. The smallest absolute Gasteiger partial charge is 0.316 e. The topological polar surface area (TPSA) is 47.0 Å². The average molecular weight is 382 g/mol. The Morgan fingerprint density at radius 1 is 0.815 bits per heavy atom. The van der Waals surface area contributed by atoms with E-state index in [1.165, 1.54) is 11.1 Å². The summed E-state index contributed by atoms with van der Waals surface area (Å²) < 4.78 is 5.80. The van der Waals surface area contributed by atoms with Crippen LogP contribution < -0.4 is 10.1 Å². The van der Waals surface area contributed by atoms with E-state index >= 15 is 0 Å². The fraction of sp³-hybridized carbons (Fsp3) is 0.273. The minimum atomic E-state index is 0. The fourth-order valence-corrected chi connectivity index (χ4v) is 3.37. The van der Waals surface area contributed by atoms with E-state index in [9.17, 15) is 0 Å². The van der Waals surface area contributed by atoms with E-state index in [4.69, 9.17) is 4.74 Å². The molecule has 4 rings (SSSR count). The highest BCUT2D eigenvalue weighted by Crippen LogP contribution is 2.31. The minimum Gasteiger partial charge on any atom is -0.463 e. The molecule has 1 N–H and O–H groups in total. The molecular formula is C22H24ClN3O. The fourth-order valence-electron chi connectivity index (χ4n) is 3.37. The average Bonchev–Trinajstić information content (AvgIpc) is 2.74. The van der Waals surface area contributed by atoms with Gasteiger partial charge in [0.05, 0.1) is 6.61 Å². The summed E-state index contributed by atoms with van der Waals surface area (Å²) in [6, 6.07) is 19.2. The highest BCUT2D eigenvalue weighted by molar-refractivity contribution is 5.85. The lowest BCUT2D eigenvalue weighted by Gasteiger charge is -2.22. The molecule has 140 valence electrons. The maximum Gasteiger partial charge on any atom is 0.316 e. The quantitative estimate of drug-likeness (QED) is 0.701. The molecule has 0 aliphatic carbocycles. The van der Waals surface area contributed by atoms with E-state index < -0.39 is 0 Å². The van der Waals surface area contributed by atoms with Gasteiger partial charge in [-0.25, -0.2) is 9.97 Å². The summed E-state index contributed by atoms with van der Waals surface area (Å²) in [6.45, 7) is 2.84. The van der Waals surface area contributed by atoms with Gasteiger partial charge in [0.1, 0.15) is 0 Å². The first-order valence-corrected chi connectivity index (χ1v) is 9.20. The Balaban J connectivity index is 0.00000210. The molecule has 0 unspecified atom stereocenters. The molecule has 0 radical (unpaired) electrons. The molecule has 5 heteroatoms. The van der Waals surface area contributed by atoms with Crippen LogP contribution >= 0.6 is 12.4 Å². The second-order valence-corrected chi connectivity index (χ2v) is 6.67. The van der Waals surface area contributed by atoms with Crippen LogP contribution in [0.1, 0.15) is 12.8 Å². The number of ether oxygens (including phenoxy) is 1. The molecule has 2 heterocycles. The number of hydrogen-bond acceptors (Lipinski definition) is 4. The highest BCUT2D eigenvalue weighted by atomic mass is 35.5. The number of aromatic nitrogens is 2. The molecule has 0 spiro atoms. The van der Waals surface area contributed by atoms with E-state index in [-0.39, 0.29) is 12.4 Å². The summed E-state index contributed by atoms with van der Waals surface area (Å²) in [5.41, 5.74) is 4.50. The maximum atomic E-state index is 5.80. The summed E-state index contributed by atoms with van der Waals surface area (Å²) >= 11 is 0. The normalized spacial score (nSPS) is 14.4. The van der Waals surface area contributed by atoms with Gasteiger partial charge in [-0.3, -0.25) is 0 Å². The van der Waals surface area contributed by atoms with Crippen LogP contribution in [0.5, 0.6) is 6.01 Å². The SMILES string of the molecule is Cl.c1ccc(-c2ccccc2-c2cnc(OCC3CCNCC3)nc2)cc1. The van der Waals surface area contributed by atoms with Gasteiger partial charge >= 0.3 is 6.01 Å². The Labute approximate surface area is 166 Å². The zero-order valence-electron chi connectivity index (χ0n) is 15.2. The molecule has 1 aliphatic rings. The Hall–Kier alpha value is -2.43. The van der Waals surface area contributed by atoms with Crippen LogP contribution in [0.25, 0.3) is 22.3 Å². The number of rotatable bonds is 5. The number of nitrogens with zero attached hydrogens (tertiary/aromatic N) is 2. The monoisotopic (exact) mass is 381 g/mol. The van der Waals surface area contributed by atoms with Crippen molar-refractivity contribution >= 4 is 12.4 Å². The highest BCUT2D eigenvalue weighted by Gasteiger charge is 2.14. The van der Waals surface area contributed by atoms with Gasteiger partial charge in [0, 0.05) is 18.0 Å². The van der Waals surface area contributed by atoms with Crippen molar-refractivity contribution in [3.05, 3.63) is 67.0 Å². The van der Waals surface area contributed by atoms with E-state index in [0.717, 1.165) is 37.1 Å². The van der Waals surface area contributed by atoms with Crippen molar-refractivity contribution in [2.45, 2.75) is 12.8 Å². The van der Waals surface area contributed by atoms with Crippen LogP contribution in [0.4, 0.5) is 0 Å². The lowest BCUT2D eigenvalue weighted by atomic mass is 9.96. The van der Waals surface area contributed by atoms with E-state index in [0.29, 0.717) is 18.5 Å². The van der Waals surface area contributed by atoms with Gasteiger partial charge in [0.25, 0.3) is 0 Å². The summed E-state index contributed by atoms with van der Waals surface area (Å²) in [5, 5.41) is 3.37. The predicted octanol–water partition coefficient (Wildman–Crippen LogP) is 4.61. The van der Waals surface area contributed by atoms with Crippen molar-refractivity contribution in [1.29, 1.82) is 0 Å². The number of hydrogen-bond donors (Lipinski definition) is 1. The van der Waals surface area contributed by atoms with Crippen molar-refractivity contribution in [3.8, 4) is 28.3 Å². The molecule has 0 saturated carbocycles. The molecule has 4 nitrogen and oxygen atoms in total. The molecule has 3 aromatic rings. The molecule has 1 saturated heterocycles. The summed E-state index contributed by atoms with van der Waals surface area (Å²) in [5.74, 6) is 0.596. The van der Waals surface area contributed by atoms with Gasteiger partial charge < -0.3 is 10.1 Å². The first kappa shape index (κ1) is 19.3. The Kier molecular flexibility index (Phi) is 6.80. The minimum absolute atomic E-state index is 0. The second kappa shape index (κ2) is 9.49. The molecule has 0 atom stereocenters. The van der Waals surface area contributed by atoms with Gasteiger partial charge in [-0.05, 0) is 48.5 Å². The van der Waals surface area contributed by atoms with Gasteiger partial charge in [0.2, 0.25) is 0 Å². The molecule has 0 bridgehead atoms. The maximum absolute atomic E-state index is 5.80. The Morgan fingerprint density at radius 2 is 1.41 bits per heavy atom. The number of halogens is 1. The van der Waals surface area contributed by atoms with Crippen molar-refractivity contribution in [3.63, 3.8) is 0 Å². The van der Waals surface area contributed by atoms with Gasteiger partial charge in [-0.15, -0.1) is 12.4 Å². The summed E-state index contributed by atoms with van der Waals surface area (Å²) in [4.78, 5) is 8.85. The van der Waals surface area contributed by atoms with E-state index in [1.807, 2.05) is 24.5 Å². The zero-order chi connectivity index (χ0) is 17.6. The summed E-state index contributed by atoms with van der Waals surface area (Å²) in [7, 11) is 0. The number of piperidine rings is 1. The van der Waals surface area contributed by atoms with Crippen LogP contribution in [0.2, 0.25) is 0 Å². The lowest BCUT2D eigenvalue weighted by Crippen LogP contribution is -2.30. The number of benzene rings is 2. The van der Waals surface area contributed by atoms with Gasteiger partial charge in [-0.2, -0.15) is 0 Å². The van der Waals surface area contributed by atoms with Crippen LogP contribution in [-0.4, -0.2) is 29.7 Å². The third-order valence-electron chi connectivity index (χ3n) is 4.86. The largest absolute Gasteiger partial charge is 0.463 e. The molecule has 1 aromatic heterocycles. The van der Waals surface area contributed by atoms with Crippen molar-refractivity contribution in [2.24, 2.45) is 5.92 Å². The van der Waals surface area contributed by atoms with Crippen LogP contribution in [0, 0.1) is 5.92 Å². The Bertz CT molecular complexity index is 834. The molecule has 1 aliphatic heterocycles. The molecule has 2 aromatic carbocycles. The predicted molar refractivity (Wildman–Crippen MR) is 111 cm³/mol. The molecule has 1 fully saturated rings. The lowest BCUT2D eigenvalue weighted by molar-refractivity contribution is 0.202. The van der Waals surface area contributed by atoms with Crippen LogP contribution in [0.15, 0.2) is 67.0 Å². The third kappa shape index (κ3) is 4.85. The van der Waals surface area contributed by atoms with E-state index in [1.54, 1.807) is 0 Å². The van der Waals surface area contributed by atoms with Crippen molar-refractivity contribution in [1.82, 2.24) is 15.3 Å². The third-order valence-corrected chi connectivity index (χ3v) is 4.86. The molecular weight excluding hydrogens is 358 g/mol. The van der Waals surface area contributed by atoms with Crippen LogP contribution in [-0.2, 0) is 0 Å². The number of nitrogens with one attached hydrogen (secondary N) is 1. The molecule has 0 amide bonds. The van der Waals surface area contributed by atoms with E-state index in [2.05, 4.69) is 57.7 Å². The second-order valence-electron chi connectivity index (χ2n) is 6.67. The first-order valence-electron chi connectivity index (χ1n) is 9.20. The van der Waals surface area contributed by atoms with Gasteiger partial charge in [0.15, 0.2) is 0 Å². The summed E-state index contributed by atoms with van der Waals surface area (Å²) in [6.07, 6.45) is 6.02.